The van der Waals surface area contributed by atoms with Gasteiger partial charge in [0.1, 0.15) is 5.75 Å². The average Bonchev–Trinajstić information content (AvgIpc) is 2.92. The van der Waals surface area contributed by atoms with Crippen molar-refractivity contribution in [2.45, 2.75) is 79.1 Å². The summed E-state index contributed by atoms with van der Waals surface area (Å²) in [5.41, 5.74) is 5.04. The lowest BCUT2D eigenvalue weighted by Crippen LogP contribution is -2.50. The number of aliphatic carboxylic acids is 1. The maximum Gasteiger partial charge on any atom is 0.328 e. The Morgan fingerprint density at radius 2 is 1.51 bits per heavy atom. The first-order valence-corrected chi connectivity index (χ1v) is 14.4. The van der Waals surface area contributed by atoms with Gasteiger partial charge in [-0.2, -0.15) is 0 Å². The molecule has 9 nitrogen and oxygen atoms in total. The summed E-state index contributed by atoms with van der Waals surface area (Å²) in [7, 11) is 1.58. The molecule has 0 spiro atoms. The topological polar surface area (TPSA) is 126 Å². The molecule has 0 saturated heterocycles. The Labute approximate surface area is 254 Å². The molecule has 0 aromatic heterocycles. The smallest absolute Gasteiger partial charge is 0.328 e. The van der Waals surface area contributed by atoms with Crippen LogP contribution in [0.25, 0.3) is 11.1 Å². The molecule has 0 fully saturated rings. The van der Waals surface area contributed by atoms with Crippen LogP contribution in [0, 0.1) is 13.8 Å². The van der Waals surface area contributed by atoms with E-state index < -0.39 is 35.7 Å². The molecule has 9 heteroatoms. The van der Waals surface area contributed by atoms with Gasteiger partial charge in [0, 0.05) is 5.69 Å². The van der Waals surface area contributed by atoms with Crippen molar-refractivity contribution in [3.8, 4) is 16.9 Å². The highest BCUT2D eigenvalue weighted by molar-refractivity contribution is 6.08. The normalized spacial score (nSPS) is 12.7. The number of carboxylic acids is 1. The number of aryl methyl sites for hydroxylation is 3. The molecule has 0 bridgehead atoms. The van der Waals surface area contributed by atoms with Gasteiger partial charge in [-0.15, -0.1) is 0 Å². The van der Waals surface area contributed by atoms with E-state index in [9.17, 15) is 19.5 Å². The third-order valence-electron chi connectivity index (χ3n) is 6.87. The lowest BCUT2D eigenvalue weighted by Gasteiger charge is -2.29. The van der Waals surface area contributed by atoms with Crippen LogP contribution in [0.3, 0.4) is 0 Å². The Morgan fingerprint density at radius 1 is 0.907 bits per heavy atom. The third-order valence-corrected chi connectivity index (χ3v) is 6.87. The van der Waals surface area contributed by atoms with Gasteiger partial charge in [-0.25, -0.2) is 9.59 Å². The number of hydrogen-bond donors (Lipinski definition) is 4. The minimum Gasteiger partial charge on any atom is -0.497 e. The first kappa shape index (κ1) is 33.1. The van der Waals surface area contributed by atoms with Crippen molar-refractivity contribution in [1.29, 1.82) is 0 Å². The summed E-state index contributed by atoms with van der Waals surface area (Å²) in [5.74, 6) is -1.20. The van der Waals surface area contributed by atoms with Crippen molar-refractivity contribution in [2.24, 2.45) is 0 Å². The number of amides is 3. The van der Waals surface area contributed by atoms with Gasteiger partial charge in [0.15, 0.2) is 6.04 Å². The van der Waals surface area contributed by atoms with Gasteiger partial charge in [0.2, 0.25) is 0 Å². The van der Waals surface area contributed by atoms with Gasteiger partial charge in [-0.3, -0.25) is 4.79 Å². The molecule has 230 valence electrons. The summed E-state index contributed by atoms with van der Waals surface area (Å²) in [6, 6.07) is 14.6. The largest absolute Gasteiger partial charge is 0.497 e. The number of rotatable bonds is 11. The zero-order chi connectivity index (χ0) is 31.9. The van der Waals surface area contributed by atoms with Crippen LogP contribution < -0.4 is 20.7 Å². The molecule has 3 amide bonds. The first-order chi connectivity index (χ1) is 20.2. The van der Waals surface area contributed by atoms with E-state index in [1.165, 1.54) is 5.56 Å². The third kappa shape index (κ3) is 9.06. The highest BCUT2D eigenvalue weighted by Gasteiger charge is 2.31. The minimum atomic E-state index is -1.32. The summed E-state index contributed by atoms with van der Waals surface area (Å²) in [6.45, 7) is 13.0. The van der Waals surface area contributed by atoms with E-state index in [1.807, 2.05) is 58.9 Å². The van der Waals surface area contributed by atoms with E-state index in [4.69, 9.17) is 9.47 Å². The second-order valence-electron chi connectivity index (χ2n) is 11.6. The number of carboxylic acid groups (broad SMARTS) is 1. The van der Waals surface area contributed by atoms with Gasteiger partial charge < -0.3 is 30.5 Å². The molecule has 0 aliphatic heterocycles. The molecular formula is C34H43N3O6. The van der Waals surface area contributed by atoms with Crippen LogP contribution in [0.15, 0.2) is 54.6 Å². The maximum absolute atomic E-state index is 13.5. The number of carbonyl (C=O) groups excluding carboxylic acids is 2. The van der Waals surface area contributed by atoms with Crippen LogP contribution in [0.4, 0.5) is 16.2 Å². The Balaban J connectivity index is 1.96. The molecule has 3 rings (SSSR count). The van der Waals surface area contributed by atoms with Gasteiger partial charge in [0.05, 0.1) is 30.1 Å². The van der Waals surface area contributed by atoms with E-state index in [-0.39, 0.29) is 11.3 Å². The molecule has 43 heavy (non-hydrogen) atoms. The fraction of sp³-hybridized carbons (Fsp3) is 0.382. The molecule has 4 N–H and O–H groups in total. The van der Waals surface area contributed by atoms with Gasteiger partial charge in [-0.05, 0) is 100 Å². The van der Waals surface area contributed by atoms with Crippen molar-refractivity contribution in [2.75, 3.05) is 17.7 Å². The zero-order valence-electron chi connectivity index (χ0n) is 26.3. The molecule has 3 aromatic carbocycles. The van der Waals surface area contributed by atoms with Crippen molar-refractivity contribution in [1.82, 2.24) is 5.32 Å². The van der Waals surface area contributed by atoms with Crippen LogP contribution in [-0.4, -0.2) is 47.9 Å². The summed E-state index contributed by atoms with van der Waals surface area (Å²) < 4.78 is 11.1. The predicted molar refractivity (Wildman–Crippen MR) is 170 cm³/mol. The fourth-order valence-corrected chi connectivity index (χ4v) is 4.98. The van der Waals surface area contributed by atoms with Crippen molar-refractivity contribution < 1.29 is 29.0 Å². The van der Waals surface area contributed by atoms with Crippen LogP contribution in [0.5, 0.6) is 5.75 Å². The molecule has 0 heterocycles. The number of methoxy groups -OCH3 is 1. The van der Waals surface area contributed by atoms with Crippen LogP contribution in [0.2, 0.25) is 0 Å². The van der Waals surface area contributed by atoms with E-state index in [2.05, 4.69) is 35.0 Å². The summed E-state index contributed by atoms with van der Waals surface area (Å²) >= 11 is 0. The number of hydrogen-bond acceptors (Lipinski definition) is 5. The molecule has 0 aliphatic rings. The maximum atomic E-state index is 13.5. The standard InChI is InChI=1S/C34H43N3O6/c1-9-10-23-17-20(2)29(21(3)18-23)37-33(41)35-28-19-25(24-11-14-26(42-8)15-12-24)13-16-27(28)31(38)36-30(32(39)40)22(4)43-34(5,6)7/h11-19,22,30H,9-10H2,1-8H3,(H,36,38)(H,39,40)(H2,35,37,41)/t22?,30-/m0/s1. The molecule has 1 unspecified atom stereocenters. The van der Waals surface area contributed by atoms with Crippen molar-refractivity contribution in [3.63, 3.8) is 0 Å². The number of benzene rings is 3. The van der Waals surface area contributed by atoms with E-state index >= 15 is 0 Å². The Bertz CT molecular complexity index is 1440. The van der Waals surface area contributed by atoms with Crippen LogP contribution in [-0.2, 0) is 16.0 Å². The molecular weight excluding hydrogens is 546 g/mol. The molecule has 0 radical (unpaired) electrons. The minimum absolute atomic E-state index is 0.105. The van der Waals surface area contributed by atoms with Gasteiger partial charge >= 0.3 is 12.0 Å². The number of urea groups is 1. The summed E-state index contributed by atoms with van der Waals surface area (Å²) in [6.07, 6.45) is 1.15. The monoisotopic (exact) mass is 589 g/mol. The number of ether oxygens (including phenoxy) is 2. The molecule has 3 aromatic rings. The SMILES string of the molecule is CCCc1cc(C)c(NC(=O)Nc2cc(-c3ccc(OC)cc3)ccc2C(=O)N[C@H](C(=O)O)C(C)OC(C)(C)C)c(C)c1. The highest BCUT2D eigenvalue weighted by Crippen LogP contribution is 2.29. The Hall–Kier alpha value is -4.37. The summed E-state index contributed by atoms with van der Waals surface area (Å²) in [4.78, 5) is 38.9. The van der Waals surface area contributed by atoms with Crippen LogP contribution >= 0.6 is 0 Å². The molecule has 0 saturated carbocycles. The summed E-state index contributed by atoms with van der Waals surface area (Å²) in [5, 5.41) is 18.2. The molecule has 0 aliphatic carbocycles. The van der Waals surface area contributed by atoms with Crippen molar-refractivity contribution >= 4 is 29.3 Å². The van der Waals surface area contributed by atoms with E-state index in [0.29, 0.717) is 11.4 Å². The molecule has 2 atom stereocenters. The quantitative estimate of drug-likeness (QED) is 0.192. The lowest BCUT2D eigenvalue weighted by atomic mass is 10.0. The average molecular weight is 590 g/mol. The fourth-order valence-electron chi connectivity index (χ4n) is 4.98. The van der Waals surface area contributed by atoms with Gasteiger partial charge in [0.25, 0.3) is 5.91 Å². The first-order valence-electron chi connectivity index (χ1n) is 14.4. The number of nitrogens with one attached hydrogen (secondary N) is 3. The number of anilines is 2. The van der Waals surface area contributed by atoms with Gasteiger partial charge in [-0.1, -0.05) is 43.7 Å². The van der Waals surface area contributed by atoms with E-state index in [1.54, 1.807) is 32.2 Å². The van der Waals surface area contributed by atoms with E-state index in [0.717, 1.165) is 35.1 Å². The highest BCUT2D eigenvalue weighted by atomic mass is 16.5. The zero-order valence-corrected chi connectivity index (χ0v) is 26.3. The predicted octanol–water partition coefficient (Wildman–Crippen LogP) is 6.96. The van der Waals surface area contributed by atoms with Crippen molar-refractivity contribution in [3.05, 3.63) is 76.9 Å². The lowest BCUT2D eigenvalue weighted by molar-refractivity contribution is -0.146. The second-order valence-corrected chi connectivity index (χ2v) is 11.6. The number of carbonyl (C=O) groups is 3. The second kappa shape index (κ2) is 14.2. The Kier molecular flexibility index (Phi) is 10.9. The Morgan fingerprint density at radius 3 is 2.05 bits per heavy atom. The van der Waals surface area contributed by atoms with Crippen LogP contribution in [0.1, 0.15) is 68.1 Å².